The van der Waals surface area contributed by atoms with Crippen molar-refractivity contribution in [3.8, 4) is 0 Å². The van der Waals surface area contributed by atoms with Crippen molar-refractivity contribution in [2.75, 3.05) is 45.3 Å². The highest BCUT2D eigenvalue weighted by Crippen LogP contribution is 2.27. The van der Waals surface area contributed by atoms with Gasteiger partial charge >= 0.3 is 0 Å². The molecule has 0 saturated carbocycles. The number of ether oxygens (including phenoxy) is 1. The Bertz CT molecular complexity index is 1070. The van der Waals surface area contributed by atoms with E-state index in [-0.39, 0.29) is 5.12 Å². The van der Waals surface area contributed by atoms with Gasteiger partial charge in [-0.1, -0.05) is 43.7 Å². The molecule has 0 amide bonds. The first-order valence-electron chi connectivity index (χ1n) is 12.4. The molecule has 8 heteroatoms. The number of imidazole rings is 1. The van der Waals surface area contributed by atoms with E-state index < -0.39 is 0 Å². The third-order valence-corrected chi connectivity index (χ3v) is 6.79. The van der Waals surface area contributed by atoms with Gasteiger partial charge < -0.3 is 20.4 Å². The number of carbonyl (C=O) groups is 1. The Morgan fingerprint density at radius 1 is 1.12 bits per heavy atom. The number of thioether (sulfide) groups is 1. The zero-order chi connectivity index (χ0) is 24.3. The van der Waals surface area contributed by atoms with Crippen LogP contribution in [0.4, 0.5) is 5.82 Å². The van der Waals surface area contributed by atoms with E-state index in [1.165, 1.54) is 23.7 Å². The molecule has 0 saturated heterocycles. The molecule has 2 aromatic heterocycles. The van der Waals surface area contributed by atoms with Crippen molar-refractivity contribution in [2.24, 2.45) is 0 Å². The largest absolute Gasteiger partial charge is 0.382 e. The number of nitrogens with one attached hydrogen (secondary N) is 1. The molecule has 0 radical (unpaired) electrons. The maximum Gasteiger partial charge on any atom is 0.190 e. The SMILES string of the molecule is CCCCc1nc2c([nH]1)c(N)nc1cc(CCCCCN(C)CCOCCC(=O)SC)ccc12. The lowest BCUT2D eigenvalue weighted by molar-refractivity contribution is -0.111. The second-order valence-electron chi connectivity index (χ2n) is 8.91. The van der Waals surface area contributed by atoms with Gasteiger partial charge in [0, 0.05) is 24.8 Å². The van der Waals surface area contributed by atoms with Gasteiger partial charge in [0.05, 0.1) is 18.7 Å². The number of H-pyrrole nitrogens is 1. The Kier molecular flexibility index (Phi) is 10.6. The standard InChI is InChI=1S/C26H39N5O2S/c1-4-5-10-22-29-24-20-12-11-19(18-21(20)28-26(27)25(24)30-22)9-7-6-8-14-31(2)15-17-33-16-13-23(32)34-3/h11-12,18H,4-10,13-17H2,1-3H3,(H2,27,28)(H,29,30). The highest BCUT2D eigenvalue weighted by molar-refractivity contribution is 8.13. The smallest absolute Gasteiger partial charge is 0.190 e. The quantitative estimate of drug-likeness (QED) is 0.293. The Morgan fingerprint density at radius 3 is 2.76 bits per heavy atom. The molecule has 7 nitrogen and oxygen atoms in total. The van der Waals surface area contributed by atoms with E-state index in [4.69, 9.17) is 15.5 Å². The summed E-state index contributed by atoms with van der Waals surface area (Å²) in [5.74, 6) is 1.52. The minimum Gasteiger partial charge on any atom is -0.382 e. The van der Waals surface area contributed by atoms with Crippen LogP contribution in [0.15, 0.2) is 18.2 Å². The van der Waals surface area contributed by atoms with Crippen LogP contribution in [0.25, 0.3) is 21.9 Å². The number of aromatic amines is 1. The summed E-state index contributed by atoms with van der Waals surface area (Å²) in [7, 11) is 2.12. The number of fused-ring (bicyclic) bond motifs is 3. The molecule has 0 fully saturated rings. The molecule has 0 unspecified atom stereocenters. The summed E-state index contributed by atoms with van der Waals surface area (Å²) in [6.07, 6.45) is 10.0. The Labute approximate surface area is 207 Å². The van der Waals surface area contributed by atoms with Crippen molar-refractivity contribution in [3.63, 3.8) is 0 Å². The van der Waals surface area contributed by atoms with E-state index in [0.29, 0.717) is 25.5 Å². The second-order valence-corrected chi connectivity index (χ2v) is 9.78. The molecule has 0 atom stereocenters. The van der Waals surface area contributed by atoms with E-state index in [9.17, 15) is 4.79 Å². The average molecular weight is 486 g/mol. The fourth-order valence-corrected chi connectivity index (χ4v) is 4.34. The molecule has 0 aliphatic heterocycles. The molecule has 2 heterocycles. The van der Waals surface area contributed by atoms with Crippen LogP contribution < -0.4 is 5.73 Å². The summed E-state index contributed by atoms with van der Waals surface area (Å²) in [5, 5.41) is 1.25. The number of hydrogen-bond acceptors (Lipinski definition) is 7. The highest BCUT2D eigenvalue weighted by Gasteiger charge is 2.12. The number of nitrogens with zero attached hydrogens (tertiary/aromatic N) is 3. The van der Waals surface area contributed by atoms with Crippen LogP contribution >= 0.6 is 11.8 Å². The Hall–Kier alpha value is -2.16. The zero-order valence-electron chi connectivity index (χ0n) is 20.9. The zero-order valence-corrected chi connectivity index (χ0v) is 21.7. The molecular formula is C26H39N5O2S. The summed E-state index contributed by atoms with van der Waals surface area (Å²) in [5.41, 5.74) is 10.3. The third-order valence-electron chi connectivity index (χ3n) is 6.14. The number of unbranched alkanes of at least 4 members (excludes halogenated alkanes) is 3. The summed E-state index contributed by atoms with van der Waals surface area (Å²) < 4.78 is 5.55. The maximum absolute atomic E-state index is 11.2. The summed E-state index contributed by atoms with van der Waals surface area (Å²) in [6, 6.07) is 6.51. The minimum atomic E-state index is 0.185. The molecule has 0 aliphatic rings. The van der Waals surface area contributed by atoms with E-state index in [1.54, 1.807) is 0 Å². The van der Waals surface area contributed by atoms with E-state index in [2.05, 4.69) is 47.0 Å². The van der Waals surface area contributed by atoms with Crippen LogP contribution in [0, 0.1) is 0 Å². The minimum absolute atomic E-state index is 0.185. The van der Waals surface area contributed by atoms with E-state index in [1.807, 2.05) is 6.26 Å². The highest BCUT2D eigenvalue weighted by atomic mass is 32.2. The number of pyridine rings is 1. The summed E-state index contributed by atoms with van der Waals surface area (Å²) in [4.78, 5) is 26.4. The fraction of sp³-hybridized carbons (Fsp3) is 0.577. The number of aromatic nitrogens is 3. The van der Waals surface area contributed by atoms with E-state index >= 15 is 0 Å². The summed E-state index contributed by atoms with van der Waals surface area (Å²) in [6.45, 7) is 5.33. The molecule has 0 aliphatic carbocycles. The first kappa shape index (κ1) is 26.4. The van der Waals surface area contributed by atoms with Crippen molar-refractivity contribution in [3.05, 3.63) is 29.6 Å². The molecule has 3 N–H and O–H groups in total. The Morgan fingerprint density at radius 2 is 1.97 bits per heavy atom. The first-order chi connectivity index (χ1) is 16.5. The Balaban J connectivity index is 1.42. The number of hydrogen-bond donors (Lipinski definition) is 2. The second kappa shape index (κ2) is 13.7. The number of benzene rings is 1. The molecule has 0 spiro atoms. The fourth-order valence-electron chi connectivity index (χ4n) is 4.06. The number of nitrogens with two attached hydrogens (primary N) is 1. The van der Waals surface area contributed by atoms with Gasteiger partial charge in [-0.2, -0.15) is 0 Å². The van der Waals surface area contributed by atoms with Crippen molar-refractivity contribution < 1.29 is 9.53 Å². The van der Waals surface area contributed by atoms with Gasteiger partial charge in [0.15, 0.2) is 5.12 Å². The molecule has 186 valence electrons. The van der Waals surface area contributed by atoms with Gasteiger partial charge in [0.2, 0.25) is 0 Å². The number of likely N-dealkylation sites (N-methyl/N-ethyl adjacent to an activating group) is 1. The molecule has 3 aromatic rings. The predicted octanol–water partition coefficient (Wildman–Crippen LogP) is 4.98. The van der Waals surface area contributed by atoms with Crippen molar-refractivity contribution >= 4 is 44.6 Å². The molecule has 0 bridgehead atoms. The van der Waals surface area contributed by atoms with Gasteiger partial charge in [0.1, 0.15) is 22.7 Å². The van der Waals surface area contributed by atoms with Crippen molar-refractivity contribution in [2.45, 2.75) is 58.3 Å². The van der Waals surface area contributed by atoms with Crippen LogP contribution in [0.3, 0.4) is 0 Å². The average Bonchev–Trinajstić information content (AvgIpc) is 3.27. The van der Waals surface area contributed by atoms with Crippen LogP contribution in [0.5, 0.6) is 0 Å². The van der Waals surface area contributed by atoms with Crippen molar-refractivity contribution in [1.82, 2.24) is 19.9 Å². The van der Waals surface area contributed by atoms with Crippen LogP contribution in [-0.2, 0) is 22.4 Å². The topological polar surface area (TPSA) is 97.1 Å². The van der Waals surface area contributed by atoms with Gasteiger partial charge in [-0.3, -0.25) is 4.79 Å². The third kappa shape index (κ3) is 7.68. The van der Waals surface area contributed by atoms with E-state index in [0.717, 1.165) is 79.4 Å². The van der Waals surface area contributed by atoms with Gasteiger partial charge in [-0.05, 0) is 57.2 Å². The number of carbonyl (C=O) groups excluding carboxylic acids is 1. The molecule has 34 heavy (non-hydrogen) atoms. The first-order valence-corrected chi connectivity index (χ1v) is 13.6. The number of aryl methyl sites for hydroxylation is 2. The lowest BCUT2D eigenvalue weighted by Crippen LogP contribution is -2.24. The van der Waals surface area contributed by atoms with Crippen LogP contribution in [0.1, 0.15) is 56.8 Å². The lowest BCUT2D eigenvalue weighted by Gasteiger charge is -2.16. The maximum atomic E-state index is 11.2. The van der Waals surface area contributed by atoms with Crippen LogP contribution in [-0.4, -0.2) is 64.6 Å². The number of anilines is 1. The van der Waals surface area contributed by atoms with Gasteiger partial charge in [0.25, 0.3) is 0 Å². The van der Waals surface area contributed by atoms with Crippen LogP contribution in [0.2, 0.25) is 0 Å². The predicted molar refractivity (Wildman–Crippen MR) is 143 cm³/mol. The number of nitrogen functional groups attached to an aromatic ring is 1. The van der Waals surface area contributed by atoms with Gasteiger partial charge in [-0.25, -0.2) is 9.97 Å². The molecular weight excluding hydrogens is 446 g/mol. The van der Waals surface area contributed by atoms with Gasteiger partial charge in [-0.15, -0.1) is 0 Å². The number of rotatable bonds is 15. The van der Waals surface area contributed by atoms with Crippen molar-refractivity contribution in [1.29, 1.82) is 0 Å². The summed E-state index contributed by atoms with van der Waals surface area (Å²) >= 11 is 1.27. The normalized spacial score (nSPS) is 11.8. The molecule has 1 aromatic carbocycles. The monoisotopic (exact) mass is 485 g/mol. The molecule has 3 rings (SSSR count). The lowest BCUT2D eigenvalue weighted by atomic mass is 10.0.